The first-order valence-corrected chi connectivity index (χ1v) is 15.4. The summed E-state index contributed by atoms with van der Waals surface area (Å²) in [5.41, 5.74) is 5.37. The van der Waals surface area contributed by atoms with Gasteiger partial charge in [-0.3, -0.25) is 4.79 Å². The van der Waals surface area contributed by atoms with Crippen LogP contribution in [0.3, 0.4) is 0 Å². The van der Waals surface area contributed by atoms with E-state index < -0.39 is 11.5 Å². The number of fused-ring (bicyclic) bond motifs is 4. The van der Waals surface area contributed by atoms with Crippen LogP contribution in [-0.2, 0) is 20.5 Å². The van der Waals surface area contributed by atoms with Crippen molar-refractivity contribution in [3.8, 4) is 0 Å². The molecule has 6 nitrogen and oxygen atoms in total. The Balaban J connectivity index is 0.000000588. The lowest BCUT2D eigenvalue weighted by molar-refractivity contribution is -0.538. The van der Waals surface area contributed by atoms with Crippen molar-refractivity contribution in [1.82, 2.24) is 4.98 Å². The summed E-state index contributed by atoms with van der Waals surface area (Å²) in [5, 5.41) is 1.38. The number of aromatic amines is 1. The number of H-pyrrole nitrogens is 1. The van der Waals surface area contributed by atoms with Crippen LogP contribution in [0.2, 0.25) is 0 Å². The summed E-state index contributed by atoms with van der Waals surface area (Å²) in [6, 6.07) is 8.71. The SMILES string of the molecule is CC[C@@]1(CCCOC(=O)C(C)(C)C)CCC[N+]2=C1c1[nH]c3ccccc3c1CC2.O=P([O-])(Cl)Cl. The topological polar surface area (TPSA) is 85.2 Å². The molecule has 9 heteroatoms. The fourth-order valence-corrected chi connectivity index (χ4v) is 5.29. The van der Waals surface area contributed by atoms with Gasteiger partial charge in [-0.2, -0.15) is 0 Å². The molecule has 0 spiro atoms. The zero-order valence-electron chi connectivity index (χ0n) is 20.5. The lowest BCUT2D eigenvalue weighted by Crippen LogP contribution is -2.46. The van der Waals surface area contributed by atoms with Crippen LogP contribution < -0.4 is 4.89 Å². The predicted molar refractivity (Wildman–Crippen MR) is 137 cm³/mol. The number of aromatic nitrogens is 1. The van der Waals surface area contributed by atoms with E-state index in [4.69, 9.17) is 4.74 Å². The van der Waals surface area contributed by atoms with Crippen LogP contribution in [0.1, 0.15) is 71.1 Å². The third-order valence-corrected chi connectivity index (χ3v) is 6.91. The number of ether oxygens (including phenoxy) is 1. The molecule has 4 rings (SSSR count). The van der Waals surface area contributed by atoms with Crippen molar-refractivity contribution in [2.24, 2.45) is 10.8 Å². The zero-order chi connectivity index (χ0) is 25.1. The van der Waals surface area contributed by atoms with E-state index in [9.17, 15) is 14.3 Å². The van der Waals surface area contributed by atoms with Crippen molar-refractivity contribution < 1.29 is 23.6 Å². The lowest BCUT2D eigenvalue weighted by atomic mass is 9.68. The second kappa shape index (κ2) is 10.7. The average Bonchev–Trinajstić information content (AvgIpc) is 3.13. The van der Waals surface area contributed by atoms with E-state index in [1.54, 1.807) is 0 Å². The van der Waals surface area contributed by atoms with E-state index in [-0.39, 0.29) is 11.4 Å². The number of hydrogen-bond acceptors (Lipinski definition) is 4. The highest BCUT2D eigenvalue weighted by Gasteiger charge is 2.47. The smallest absolute Gasteiger partial charge is 0.311 e. The molecule has 1 N–H and O–H groups in total. The minimum absolute atomic E-state index is 0.100. The Morgan fingerprint density at radius 3 is 2.59 bits per heavy atom. The molecule has 188 valence electrons. The monoisotopic (exact) mass is 528 g/mol. The number of halogens is 2. The van der Waals surface area contributed by atoms with E-state index in [0.29, 0.717) is 6.61 Å². The number of hydrogen-bond donors (Lipinski definition) is 1. The van der Waals surface area contributed by atoms with E-state index in [1.807, 2.05) is 20.8 Å². The molecule has 1 atom stereocenters. The molecule has 3 heterocycles. The number of rotatable bonds is 5. The van der Waals surface area contributed by atoms with Crippen LogP contribution in [0, 0.1) is 10.8 Å². The summed E-state index contributed by atoms with van der Waals surface area (Å²) < 4.78 is 17.4. The Bertz CT molecular complexity index is 1110. The van der Waals surface area contributed by atoms with Gasteiger partial charge in [0, 0.05) is 23.7 Å². The second-order valence-corrected chi connectivity index (χ2v) is 14.3. The minimum atomic E-state index is -3.94. The van der Waals surface area contributed by atoms with Gasteiger partial charge >= 0.3 is 5.97 Å². The molecular weight excluding hydrogens is 494 g/mol. The van der Waals surface area contributed by atoms with E-state index in [2.05, 4.69) is 63.2 Å². The van der Waals surface area contributed by atoms with Crippen molar-refractivity contribution in [1.29, 1.82) is 0 Å². The first-order valence-electron chi connectivity index (χ1n) is 12.0. The first kappa shape index (κ1) is 27.3. The standard InChI is InChI=1S/C25H34N2O2.Cl2HO2P/c1-5-25(14-9-17-29-23(28)24(2,3)4)13-8-15-27-16-12-19-18-10-6-7-11-20(18)26-21(19)22(25)27;1-5(2,3)4/h6-7,10-11H,5,8-9,12-17H2,1-4H3;(H,3,4)/t25-;/m0./s1. The number of nitrogens with one attached hydrogen (secondary N) is 1. The summed E-state index contributed by atoms with van der Waals surface area (Å²) in [7, 11) is 0. The third kappa shape index (κ3) is 6.46. The maximum Gasteiger partial charge on any atom is 0.311 e. The highest BCUT2D eigenvalue weighted by atomic mass is 35.9. The van der Waals surface area contributed by atoms with Gasteiger partial charge in [0.2, 0.25) is 5.71 Å². The van der Waals surface area contributed by atoms with Crippen LogP contribution in [0.4, 0.5) is 0 Å². The van der Waals surface area contributed by atoms with Crippen LogP contribution in [0.5, 0.6) is 0 Å². The average molecular weight is 529 g/mol. The van der Waals surface area contributed by atoms with Crippen molar-refractivity contribution >= 4 is 51.1 Å². The number of para-hydroxylation sites is 1. The van der Waals surface area contributed by atoms with Crippen molar-refractivity contribution in [2.45, 2.75) is 66.2 Å². The molecule has 0 aliphatic carbocycles. The Morgan fingerprint density at radius 1 is 1.26 bits per heavy atom. The molecule has 2 aromatic rings. The normalized spacial score (nSPS) is 20.3. The summed E-state index contributed by atoms with van der Waals surface area (Å²) in [6.45, 7) is 10.9. The quantitative estimate of drug-likeness (QED) is 0.222. The van der Waals surface area contributed by atoms with Gasteiger partial charge in [-0.15, -0.1) is 0 Å². The van der Waals surface area contributed by atoms with Gasteiger partial charge < -0.3 is 19.2 Å². The maximum absolute atomic E-state index is 12.1. The molecule has 0 saturated carbocycles. The van der Waals surface area contributed by atoms with E-state index >= 15 is 0 Å². The molecule has 2 aliphatic rings. The van der Waals surface area contributed by atoms with Gasteiger partial charge in [-0.05, 0) is 58.1 Å². The van der Waals surface area contributed by atoms with Crippen LogP contribution in [-0.4, -0.2) is 40.9 Å². The van der Waals surface area contributed by atoms with Crippen molar-refractivity contribution in [3.05, 3.63) is 35.5 Å². The van der Waals surface area contributed by atoms with Gasteiger partial charge in [0.15, 0.2) is 6.07 Å². The van der Waals surface area contributed by atoms with Crippen LogP contribution >= 0.6 is 28.6 Å². The number of carbonyl (C=O) groups is 1. The molecule has 0 saturated heterocycles. The summed E-state index contributed by atoms with van der Waals surface area (Å²) in [4.78, 5) is 25.1. The Kier molecular flexibility index (Phi) is 8.61. The molecule has 34 heavy (non-hydrogen) atoms. The van der Waals surface area contributed by atoms with Crippen LogP contribution in [0.15, 0.2) is 24.3 Å². The highest BCUT2D eigenvalue weighted by Crippen LogP contribution is 2.46. The number of esters is 1. The van der Waals surface area contributed by atoms with Gasteiger partial charge in [0.05, 0.1) is 17.4 Å². The first-order chi connectivity index (χ1) is 15.9. The number of nitrogens with zero attached hydrogens (tertiary/aromatic N) is 1. The fraction of sp³-hybridized carbons (Fsp3) is 0.600. The summed E-state index contributed by atoms with van der Waals surface area (Å²) >= 11 is 8.59. The van der Waals surface area contributed by atoms with Crippen molar-refractivity contribution in [3.63, 3.8) is 0 Å². The largest absolute Gasteiger partial charge is 0.776 e. The molecule has 0 unspecified atom stereocenters. The lowest BCUT2D eigenvalue weighted by Gasteiger charge is -2.37. The molecular formula is C25H35Cl2N2O4P. The number of benzene rings is 1. The van der Waals surface area contributed by atoms with Crippen LogP contribution in [0.25, 0.3) is 10.9 Å². The highest BCUT2D eigenvalue weighted by molar-refractivity contribution is 8.03. The predicted octanol–water partition coefficient (Wildman–Crippen LogP) is 6.02. The van der Waals surface area contributed by atoms with E-state index in [0.717, 1.165) is 38.8 Å². The summed E-state index contributed by atoms with van der Waals surface area (Å²) in [6.07, 6.45) is 2.75. The second-order valence-electron chi connectivity index (χ2n) is 10.3. The van der Waals surface area contributed by atoms with Gasteiger partial charge in [-0.1, -0.05) is 47.6 Å². The molecule has 0 amide bonds. The molecule has 2 aliphatic heterocycles. The minimum Gasteiger partial charge on any atom is -0.776 e. The molecule has 0 fully saturated rings. The molecule has 1 aromatic heterocycles. The Morgan fingerprint density at radius 2 is 1.94 bits per heavy atom. The Hall–Kier alpha value is -1.33. The van der Waals surface area contributed by atoms with Crippen molar-refractivity contribution in [2.75, 3.05) is 19.7 Å². The zero-order valence-corrected chi connectivity index (χ0v) is 22.9. The molecule has 0 bridgehead atoms. The summed E-state index contributed by atoms with van der Waals surface area (Å²) in [5.74, 6) is -0.100. The van der Waals surface area contributed by atoms with Gasteiger partial charge in [0.1, 0.15) is 18.8 Å². The van der Waals surface area contributed by atoms with Gasteiger partial charge in [-0.25, -0.2) is 4.58 Å². The van der Waals surface area contributed by atoms with E-state index in [1.165, 1.54) is 40.7 Å². The number of carbonyl (C=O) groups excluding carboxylic acids is 1. The van der Waals surface area contributed by atoms with Gasteiger partial charge in [0.25, 0.3) is 0 Å². The maximum atomic E-state index is 12.1. The fourth-order valence-electron chi connectivity index (χ4n) is 5.29. The molecule has 1 aromatic carbocycles. The third-order valence-electron chi connectivity index (χ3n) is 6.91. The molecule has 0 radical (unpaired) electrons. The Labute approximate surface area is 211 Å².